The Morgan fingerprint density at radius 3 is 2.48 bits per heavy atom. The molecule has 2 unspecified atom stereocenters. The predicted octanol–water partition coefficient (Wildman–Crippen LogP) is 1.82. The van der Waals surface area contributed by atoms with E-state index in [1.807, 2.05) is 26.0 Å². The zero-order valence-corrected chi connectivity index (χ0v) is 17.5. The molecule has 8 nitrogen and oxygen atoms in total. The lowest BCUT2D eigenvalue weighted by Crippen LogP contribution is -2.54. The number of aromatic nitrogens is 2. The number of rotatable bonds is 7. The number of carbonyl (C=O) groups excluding carboxylic acids is 1. The topological polar surface area (TPSA) is 102 Å². The van der Waals surface area contributed by atoms with Gasteiger partial charge in [0.2, 0.25) is 6.35 Å². The quantitative estimate of drug-likeness (QED) is 0.629. The number of aliphatic hydroxyl groups is 3. The van der Waals surface area contributed by atoms with Crippen molar-refractivity contribution in [2.24, 2.45) is 5.92 Å². The minimum atomic E-state index is -1.19. The van der Waals surface area contributed by atoms with Crippen molar-refractivity contribution in [2.75, 3.05) is 25.1 Å². The molecule has 0 spiro atoms. The lowest BCUT2D eigenvalue weighted by atomic mass is 10.1. The second kappa shape index (κ2) is 8.71. The third-order valence-electron chi connectivity index (χ3n) is 5.11. The van der Waals surface area contributed by atoms with Crippen molar-refractivity contribution < 1.29 is 20.1 Å². The van der Waals surface area contributed by atoms with Gasteiger partial charge < -0.3 is 24.8 Å². The van der Waals surface area contributed by atoms with Crippen LogP contribution in [0.3, 0.4) is 0 Å². The summed E-state index contributed by atoms with van der Waals surface area (Å²) in [6.07, 6.45) is -1.72. The first-order chi connectivity index (χ1) is 13.8. The number of hydrogen-bond acceptors (Lipinski definition) is 6. The lowest BCUT2D eigenvalue weighted by molar-refractivity contribution is 0.00112. The van der Waals surface area contributed by atoms with E-state index in [0.29, 0.717) is 35.3 Å². The minimum Gasteiger partial charge on any atom is -0.396 e. The number of aliphatic hydroxyl groups excluding tert-OH is 3. The molecule has 2 atom stereocenters. The Bertz CT molecular complexity index is 868. The fourth-order valence-electron chi connectivity index (χ4n) is 3.39. The van der Waals surface area contributed by atoms with Gasteiger partial charge in [-0.15, -0.1) is 0 Å². The number of halogens is 1. The van der Waals surface area contributed by atoms with Crippen molar-refractivity contribution in [3.05, 3.63) is 46.4 Å². The molecule has 1 aliphatic heterocycles. The number of anilines is 1. The second-order valence-electron chi connectivity index (χ2n) is 7.58. The molecule has 3 rings (SSSR count). The largest absolute Gasteiger partial charge is 0.396 e. The van der Waals surface area contributed by atoms with Gasteiger partial charge in [-0.1, -0.05) is 37.6 Å². The van der Waals surface area contributed by atoms with Crippen LogP contribution >= 0.6 is 11.6 Å². The van der Waals surface area contributed by atoms with Crippen molar-refractivity contribution in [1.29, 1.82) is 0 Å². The Labute approximate surface area is 175 Å². The van der Waals surface area contributed by atoms with Crippen molar-refractivity contribution in [3.63, 3.8) is 0 Å². The van der Waals surface area contributed by atoms with Crippen LogP contribution in [-0.2, 0) is 6.54 Å². The number of benzene rings is 1. The van der Waals surface area contributed by atoms with Crippen LogP contribution in [0, 0.1) is 5.92 Å². The lowest BCUT2D eigenvalue weighted by Gasteiger charge is -2.38. The Morgan fingerprint density at radius 2 is 1.90 bits per heavy atom. The molecule has 2 heterocycles. The van der Waals surface area contributed by atoms with Gasteiger partial charge >= 0.3 is 0 Å². The molecular weight excluding hydrogens is 396 g/mol. The summed E-state index contributed by atoms with van der Waals surface area (Å²) in [6, 6.07) is 7.25. The van der Waals surface area contributed by atoms with E-state index < -0.39 is 12.5 Å². The van der Waals surface area contributed by atoms with Crippen LogP contribution in [-0.4, -0.2) is 62.2 Å². The summed E-state index contributed by atoms with van der Waals surface area (Å²) in [5.41, 5.74) is 1.20. The smallest absolute Gasteiger partial charge is 0.277 e. The third-order valence-corrected chi connectivity index (χ3v) is 5.36. The number of fused-ring (bicyclic) bond motifs is 1. The fraction of sp³-hybridized carbons (Fsp3) is 0.500. The van der Waals surface area contributed by atoms with Crippen LogP contribution in [0.15, 0.2) is 24.3 Å². The molecule has 3 N–H and O–H groups in total. The summed E-state index contributed by atoms with van der Waals surface area (Å²) in [7, 11) is 1.65. The molecule has 9 heteroatoms. The number of nitrogens with zero attached hydrogens (tertiary/aromatic N) is 4. The van der Waals surface area contributed by atoms with Crippen LogP contribution in [0.5, 0.6) is 0 Å². The van der Waals surface area contributed by atoms with E-state index >= 15 is 0 Å². The molecule has 1 aromatic carbocycles. The molecule has 1 amide bonds. The Hall–Kier alpha value is -2.13. The first-order valence-corrected chi connectivity index (χ1v) is 9.99. The van der Waals surface area contributed by atoms with Gasteiger partial charge in [0.15, 0.2) is 11.5 Å². The number of carbonyl (C=O) groups is 1. The molecular formula is C20H27ClN4O4. The Morgan fingerprint density at radius 1 is 1.24 bits per heavy atom. The van der Waals surface area contributed by atoms with Crippen molar-refractivity contribution in [2.45, 2.75) is 39.3 Å². The van der Waals surface area contributed by atoms with Gasteiger partial charge in [0.25, 0.3) is 5.91 Å². The van der Waals surface area contributed by atoms with Crippen molar-refractivity contribution in [1.82, 2.24) is 14.5 Å². The second-order valence-corrected chi connectivity index (χ2v) is 8.01. The van der Waals surface area contributed by atoms with Crippen molar-refractivity contribution in [3.8, 4) is 0 Å². The van der Waals surface area contributed by atoms with E-state index in [0.717, 1.165) is 5.56 Å². The average Bonchev–Trinajstić information content (AvgIpc) is 3.06. The van der Waals surface area contributed by atoms with E-state index in [1.54, 1.807) is 23.7 Å². The molecule has 158 valence electrons. The molecule has 0 aliphatic carbocycles. The summed E-state index contributed by atoms with van der Waals surface area (Å²) in [4.78, 5) is 20.6. The third kappa shape index (κ3) is 4.11. The summed E-state index contributed by atoms with van der Waals surface area (Å²) in [5.74, 6) is 0.198. The molecule has 1 aromatic heterocycles. The Balaban J connectivity index is 2.11. The normalized spacial score (nSPS) is 17.8. The highest BCUT2D eigenvalue weighted by atomic mass is 35.5. The monoisotopic (exact) mass is 422 g/mol. The van der Waals surface area contributed by atoms with Gasteiger partial charge in [-0.2, -0.15) is 0 Å². The molecule has 1 aliphatic rings. The predicted molar refractivity (Wildman–Crippen MR) is 110 cm³/mol. The number of amides is 1. The van der Waals surface area contributed by atoms with Gasteiger partial charge in [0.1, 0.15) is 11.9 Å². The van der Waals surface area contributed by atoms with E-state index in [4.69, 9.17) is 16.7 Å². The van der Waals surface area contributed by atoms with Crippen molar-refractivity contribution >= 4 is 23.3 Å². The number of hydrogen-bond donors (Lipinski definition) is 3. The highest BCUT2D eigenvalue weighted by Gasteiger charge is 2.40. The maximum atomic E-state index is 13.2. The average molecular weight is 423 g/mol. The minimum absolute atomic E-state index is 0.0889. The van der Waals surface area contributed by atoms with E-state index in [1.165, 1.54) is 9.80 Å². The zero-order valence-electron chi connectivity index (χ0n) is 16.8. The van der Waals surface area contributed by atoms with E-state index in [-0.39, 0.29) is 25.0 Å². The van der Waals surface area contributed by atoms with Gasteiger partial charge in [0, 0.05) is 31.8 Å². The zero-order chi connectivity index (χ0) is 21.3. The van der Waals surface area contributed by atoms with E-state index in [2.05, 4.69) is 4.98 Å². The first kappa shape index (κ1) is 21.6. The highest BCUT2D eigenvalue weighted by Crippen LogP contribution is 2.34. The van der Waals surface area contributed by atoms with Crippen LogP contribution < -0.4 is 4.90 Å². The Kier molecular flexibility index (Phi) is 6.48. The summed E-state index contributed by atoms with van der Waals surface area (Å²) in [5, 5.41) is 31.1. The van der Waals surface area contributed by atoms with Crippen LogP contribution in [0.2, 0.25) is 5.02 Å². The summed E-state index contributed by atoms with van der Waals surface area (Å²) < 4.78 is 1.71. The van der Waals surface area contributed by atoms with Crippen LogP contribution in [0.25, 0.3) is 0 Å². The highest BCUT2D eigenvalue weighted by molar-refractivity contribution is 6.30. The maximum absolute atomic E-state index is 13.2. The van der Waals surface area contributed by atoms with Gasteiger partial charge in [-0.25, -0.2) is 4.98 Å². The van der Waals surface area contributed by atoms with E-state index in [9.17, 15) is 15.0 Å². The molecule has 0 saturated heterocycles. The molecule has 2 aromatic rings. The molecule has 29 heavy (non-hydrogen) atoms. The standard InChI is InChI=1S/C20H27ClN4O4/c1-12(2)16(27)18-22-17-15(25(18)11-13-5-7-14(21)8-6-13)19(28)24(9-4-10-26)20(29)23(17)3/h5-8,12,16,20,26-27,29H,4,9-11H2,1-3H3. The van der Waals surface area contributed by atoms with Crippen LogP contribution in [0.1, 0.15) is 48.2 Å². The van der Waals surface area contributed by atoms with Gasteiger partial charge in [-0.05, 0) is 30.0 Å². The summed E-state index contributed by atoms with van der Waals surface area (Å²) in [6.45, 7) is 4.18. The van der Waals surface area contributed by atoms with Gasteiger partial charge in [-0.3, -0.25) is 9.69 Å². The fourth-order valence-corrected chi connectivity index (χ4v) is 3.51. The number of imidazole rings is 1. The first-order valence-electron chi connectivity index (χ1n) is 9.62. The van der Waals surface area contributed by atoms with Gasteiger partial charge in [0.05, 0.1) is 0 Å². The molecule has 0 saturated carbocycles. The summed E-state index contributed by atoms with van der Waals surface area (Å²) >= 11 is 5.98. The SMILES string of the molecule is CC(C)C(O)c1nc2c(n1Cc1ccc(Cl)cc1)C(=O)N(CCCO)C(O)N2C. The van der Waals surface area contributed by atoms with Crippen LogP contribution in [0.4, 0.5) is 5.82 Å². The molecule has 0 radical (unpaired) electrons. The molecule has 0 fully saturated rings. The molecule has 0 bridgehead atoms. The maximum Gasteiger partial charge on any atom is 0.277 e.